The van der Waals surface area contributed by atoms with Gasteiger partial charge in [0.05, 0.1) is 0 Å². The highest BCUT2D eigenvalue weighted by molar-refractivity contribution is 4.89. The van der Waals surface area contributed by atoms with Crippen molar-refractivity contribution >= 4 is 0 Å². The van der Waals surface area contributed by atoms with Crippen molar-refractivity contribution in [3.05, 3.63) is 0 Å². The van der Waals surface area contributed by atoms with Crippen LogP contribution in [0.4, 0.5) is 0 Å². The van der Waals surface area contributed by atoms with Gasteiger partial charge in [0, 0.05) is 44.4 Å². The average Bonchev–Trinajstić information content (AvgIpc) is 3.00. The van der Waals surface area contributed by atoms with Crippen LogP contribution in [0.3, 0.4) is 0 Å². The van der Waals surface area contributed by atoms with Crippen LogP contribution < -0.4 is 5.32 Å². The Labute approximate surface area is 105 Å². The van der Waals surface area contributed by atoms with E-state index in [-0.39, 0.29) is 0 Å². The molecule has 2 aliphatic heterocycles. The molecule has 1 atom stereocenters. The first-order valence-corrected chi connectivity index (χ1v) is 7.49. The van der Waals surface area contributed by atoms with Gasteiger partial charge in [-0.2, -0.15) is 0 Å². The Hall–Kier alpha value is -0.120. The van der Waals surface area contributed by atoms with Gasteiger partial charge in [-0.3, -0.25) is 4.90 Å². The number of hydrogen-bond acceptors (Lipinski definition) is 3. The van der Waals surface area contributed by atoms with Crippen molar-refractivity contribution in [3.63, 3.8) is 0 Å². The van der Waals surface area contributed by atoms with Gasteiger partial charge >= 0.3 is 0 Å². The van der Waals surface area contributed by atoms with Gasteiger partial charge in [-0.1, -0.05) is 12.8 Å². The number of ether oxygens (including phenoxy) is 1. The van der Waals surface area contributed by atoms with Gasteiger partial charge in [0.1, 0.15) is 0 Å². The van der Waals surface area contributed by atoms with E-state index in [1.165, 1.54) is 58.0 Å². The molecule has 0 amide bonds. The first kappa shape index (κ1) is 11.9. The third-order valence-electron chi connectivity index (χ3n) is 4.75. The normalized spacial score (nSPS) is 33.5. The number of hydrogen-bond donors (Lipinski definition) is 1. The highest BCUT2D eigenvalue weighted by Gasteiger charge is 2.30. The summed E-state index contributed by atoms with van der Waals surface area (Å²) in [5.74, 6) is 0. The van der Waals surface area contributed by atoms with Crippen LogP contribution in [0.2, 0.25) is 0 Å². The lowest BCUT2D eigenvalue weighted by atomic mass is 10.1. The Balaban J connectivity index is 1.43. The van der Waals surface area contributed by atoms with Crippen molar-refractivity contribution in [1.29, 1.82) is 0 Å². The van der Waals surface area contributed by atoms with E-state index in [9.17, 15) is 0 Å². The van der Waals surface area contributed by atoms with Crippen LogP contribution in [0.15, 0.2) is 0 Å². The number of rotatable bonds is 3. The maximum Gasteiger partial charge on any atom is 0.0480 e. The van der Waals surface area contributed by atoms with Crippen molar-refractivity contribution in [2.45, 2.75) is 63.1 Å². The SMILES string of the molecule is C1CCC(N2CCC(NC3CCOCC3)C2)C1. The second-order valence-electron chi connectivity index (χ2n) is 5.97. The van der Waals surface area contributed by atoms with Gasteiger partial charge in [-0.15, -0.1) is 0 Å². The molecule has 3 heteroatoms. The number of nitrogens with zero attached hydrogens (tertiary/aromatic N) is 1. The lowest BCUT2D eigenvalue weighted by molar-refractivity contribution is 0.0748. The van der Waals surface area contributed by atoms with Crippen molar-refractivity contribution in [1.82, 2.24) is 10.2 Å². The maximum absolute atomic E-state index is 5.42. The monoisotopic (exact) mass is 238 g/mol. The summed E-state index contributed by atoms with van der Waals surface area (Å²) < 4.78 is 5.42. The highest BCUT2D eigenvalue weighted by Crippen LogP contribution is 2.26. The third kappa shape index (κ3) is 3.01. The van der Waals surface area contributed by atoms with E-state index < -0.39 is 0 Å². The zero-order chi connectivity index (χ0) is 11.5. The molecule has 0 aromatic carbocycles. The molecule has 0 radical (unpaired) electrons. The zero-order valence-corrected chi connectivity index (χ0v) is 10.9. The average molecular weight is 238 g/mol. The molecular weight excluding hydrogens is 212 g/mol. The van der Waals surface area contributed by atoms with E-state index in [2.05, 4.69) is 10.2 Å². The van der Waals surface area contributed by atoms with Gasteiger partial charge in [-0.05, 0) is 32.1 Å². The van der Waals surface area contributed by atoms with E-state index >= 15 is 0 Å². The van der Waals surface area contributed by atoms with E-state index in [0.717, 1.165) is 31.3 Å². The first-order valence-electron chi connectivity index (χ1n) is 7.49. The Bertz CT molecular complexity index is 234. The van der Waals surface area contributed by atoms with Gasteiger partial charge in [0.15, 0.2) is 0 Å². The summed E-state index contributed by atoms with van der Waals surface area (Å²) in [7, 11) is 0. The molecule has 3 fully saturated rings. The highest BCUT2D eigenvalue weighted by atomic mass is 16.5. The molecule has 1 aliphatic carbocycles. The quantitative estimate of drug-likeness (QED) is 0.811. The fourth-order valence-corrected chi connectivity index (χ4v) is 3.72. The summed E-state index contributed by atoms with van der Waals surface area (Å²) in [5, 5.41) is 3.85. The molecule has 0 bridgehead atoms. The van der Waals surface area contributed by atoms with Crippen molar-refractivity contribution < 1.29 is 4.74 Å². The van der Waals surface area contributed by atoms with Gasteiger partial charge in [0.25, 0.3) is 0 Å². The van der Waals surface area contributed by atoms with Crippen LogP contribution in [0.5, 0.6) is 0 Å². The molecule has 3 aliphatic rings. The molecule has 17 heavy (non-hydrogen) atoms. The maximum atomic E-state index is 5.42. The smallest absolute Gasteiger partial charge is 0.0480 e. The van der Waals surface area contributed by atoms with Crippen molar-refractivity contribution in [2.75, 3.05) is 26.3 Å². The number of nitrogens with one attached hydrogen (secondary N) is 1. The molecule has 3 nitrogen and oxygen atoms in total. The molecular formula is C14H26N2O. The fourth-order valence-electron chi connectivity index (χ4n) is 3.72. The standard InChI is InChI=1S/C14H26N2O/c1-2-4-14(3-1)16-8-5-13(11-16)15-12-6-9-17-10-7-12/h12-15H,1-11H2. The summed E-state index contributed by atoms with van der Waals surface area (Å²) in [6, 6.07) is 2.38. The summed E-state index contributed by atoms with van der Waals surface area (Å²) in [6.45, 7) is 4.53. The van der Waals surface area contributed by atoms with Gasteiger partial charge < -0.3 is 10.1 Å². The third-order valence-corrected chi connectivity index (χ3v) is 4.75. The molecule has 1 unspecified atom stereocenters. The Morgan fingerprint density at radius 3 is 2.41 bits per heavy atom. The van der Waals surface area contributed by atoms with E-state index in [1.807, 2.05) is 0 Å². The van der Waals surface area contributed by atoms with Crippen LogP contribution in [0, 0.1) is 0 Å². The van der Waals surface area contributed by atoms with E-state index in [0.29, 0.717) is 0 Å². The van der Waals surface area contributed by atoms with Crippen LogP contribution in [0.25, 0.3) is 0 Å². The summed E-state index contributed by atoms with van der Waals surface area (Å²) in [4.78, 5) is 2.74. The van der Waals surface area contributed by atoms with Gasteiger partial charge in [0.2, 0.25) is 0 Å². The van der Waals surface area contributed by atoms with Crippen molar-refractivity contribution in [3.8, 4) is 0 Å². The molecule has 2 heterocycles. The summed E-state index contributed by atoms with van der Waals surface area (Å²) >= 11 is 0. The van der Waals surface area contributed by atoms with Crippen LogP contribution >= 0.6 is 0 Å². The van der Waals surface area contributed by atoms with E-state index in [1.54, 1.807) is 0 Å². The fraction of sp³-hybridized carbons (Fsp3) is 1.00. The second kappa shape index (κ2) is 5.68. The molecule has 0 aromatic rings. The van der Waals surface area contributed by atoms with Crippen LogP contribution in [0.1, 0.15) is 44.9 Å². The first-order chi connectivity index (χ1) is 8.42. The Morgan fingerprint density at radius 1 is 0.882 bits per heavy atom. The van der Waals surface area contributed by atoms with Crippen molar-refractivity contribution in [2.24, 2.45) is 0 Å². The lowest BCUT2D eigenvalue weighted by Crippen LogP contribution is -2.43. The molecule has 2 saturated heterocycles. The zero-order valence-electron chi connectivity index (χ0n) is 10.9. The number of likely N-dealkylation sites (tertiary alicyclic amines) is 1. The molecule has 98 valence electrons. The largest absolute Gasteiger partial charge is 0.381 e. The second-order valence-corrected chi connectivity index (χ2v) is 5.97. The molecule has 3 rings (SSSR count). The van der Waals surface area contributed by atoms with Gasteiger partial charge in [-0.25, -0.2) is 0 Å². The lowest BCUT2D eigenvalue weighted by Gasteiger charge is -2.28. The Kier molecular flexibility index (Phi) is 3.99. The topological polar surface area (TPSA) is 24.5 Å². The molecule has 0 spiro atoms. The Morgan fingerprint density at radius 2 is 1.65 bits per heavy atom. The minimum absolute atomic E-state index is 0.720. The molecule has 1 saturated carbocycles. The van der Waals surface area contributed by atoms with Crippen LogP contribution in [-0.2, 0) is 4.74 Å². The predicted octanol–water partition coefficient (Wildman–Crippen LogP) is 1.77. The minimum Gasteiger partial charge on any atom is -0.381 e. The predicted molar refractivity (Wildman–Crippen MR) is 69.2 cm³/mol. The summed E-state index contributed by atoms with van der Waals surface area (Å²) in [6.07, 6.45) is 9.58. The van der Waals surface area contributed by atoms with Crippen LogP contribution in [-0.4, -0.2) is 49.3 Å². The minimum atomic E-state index is 0.720. The molecule has 1 N–H and O–H groups in total. The summed E-state index contributed by atoms with van der Waals surface area (Å²) in [5.41, 5.74) is 0. The van der Waals surface area contributed by atoms with E-state index in [4.69, 9.17) is 4.74 Å². The molecule has 0 aromatic heterocycles.